The number of ether oxygens (including phenoxy) is 1. The van der Waals surface area contributed by atoms with Gasteiger partial charge < -0.3 is 14.2 Å². The van der Waals surface area contributed by atoms with Gasteiger partial charge in [-0.05, 0) is 33.0 Å². The number of piperazine rings is 1. The molecular formula is C17H27N5O. The Balaban J connectivity index is 1.80. The maximum atomic E-state index is 5.54. The molecule has 0 radical (unpaired) electrons. The van der Waals surface area contributed by atoms with Crippen LogP contribution in [0, 0.1) is 0 Å². The molecule has 23 heavy (non-hydrogen) atoms. The first-order valence-electron chi connectivity index (χ1n) is 8.49. The maximum Gasteiger partial charge on any atom is 0.160 e. The monoisotopic (exact) mass is 317 g/mol. The van der Waals surface area contributed by atoms with Crippen LogP contribution in [-0.4, -0.2) is 70.3 Å². The summed E-state index contributed by atoms with van der Waals surface area (Å²) in [5, 5.41) is 0. The highest BCUT2D eigenvalue weighted by Crippen LogP contribution is 2.17. The molecule has 0 amide bonds. The van der Waals surface area contributed by atoms with Crippen molar-refractivity contribution in [2.24, 2.45) is 0 Å². The molecule has 1 fully saturated rings. The lowest BCUT2D eigenvalue weighted by molar-refractivity contribution is 0.0959. The second-order valence-electron chi connectivity index (χ2n) is 6.29. The molecule has 3 rings (SSSR count). The SMILES string of the molecule is CCOCCn1c(CN2CCN(C)C(C)C2)nc2cccnc21. The van der Waals surface area contributed by atoms with Crippen LogP contribution in [0.15, 0.2) is 18.3 Å². The third-order valence-electron chi connectivity index (χ3n) is 4.66. The summed E-state index contributed by atoms with van der Waals surface area (Å²) >= 11 is 0. The fourth-order valence-corrected chi connectivity index (χ4v) is 3.13. The predicted molar refractivity (Wildman–Crippen MR) is 91.4 cm³/mol. The Morgan fingerprint density at radius 1 is 1.35 bits per heavy atom. The van der Waals surface area contributed by atoms with Gasteiger partial charge in [0.25, 0.3) is 0 Å². The molecule has 1 saturated heterocycles. The van der Waals surface area contributed by atoms with Crippen molar-refractivity contribution in [3.05, 3.63) is 24.2 Å². The number of hydrogen-bond donors (Lipinski definition) is 0. The van der Waals surface area contributed by atoms with Crippen LogP contribution in [0.5, 0.6) is 0 Å². The average Bonchev–Trinajstić information content (AvgIpc) is 2.89. The van der Waals surface area contributed by atoms with Crippen LogP contribution >= 0.6 is 0 Å². The molecule has 0 saturated carbocycles. The van der Waals surface area contributed by atoms with Crippen molar-refractivity contribution < 1.29 is 4.74 Å². The zero-order chi connectivity index (χ0) is 16.2. The van der Waals surface area contributed by atoms with E-state index in [1.165, 1.54) is 0 Å². The van der Waals surface area contributed by atoms with E-state index in [4.69, 9.17) is 9.72 Å². The second kappa shape index (κ2) is 7.38. The molecule has 0 aromatic carbocycles. The molecule has 2 aromatic heterocycles. The third kappa shape index (κ3) is 3.71. The maximum absolute atomic E-state index is 5.54. The fourth-order valence-electron chi connectivity index (χ4n) is 3.13. The summed E-state index contributed by atoms with van der Waals surface area (Å²) in [6.45, 7) is 10.7. The zero-order valence-electron chi connectivity index (χ0n) is 14.4. The van der Waals surface area contributed by atoms with Gasteiger partial charge in [0.15, 0.2) is 5.65 Å². The van der Waals surface area contributed by atoms with Crippen LogP contribution in [0.3, 0.4) is 0 Å². The average molecular weight is 317 g/mol. The lowest BCUT2D eigenvalue weighted by atomic mass is 10.2. The Bertz CT molecular complexity index is 641. The Kier molecular flexibility index (Phi) is 5.25. The molecule has 0 bridgehead atoms. The van der Waals surface area contributed by atoms with Crippen LogP contribution in [0.1, 0.15) is 19.7 Å². The largest absolute Gasteiger partial charge is 0.380 e. The van der Waals surface area contributed by atoms with Gasteiger partial charge in [-0.3, -0.25) is 4.90 Å². The van der Waals surface area contributed by atoms with E-state index in [1.807, 2.05) is 25.3 Å². The van der Waals surface area contributed by atoms with Gasteiger partial charge in [-0.25, -0.2) is 9.97 Å². The number of hydrogen-bond acceptors (Lipinski definition) is 5. The van der Waals surface area contributed by atoms with Crippen LogP contribution in [0.2, 0.25) is 0 Å². The van der Waals surface area contributed by atoms with Gasteiger partial charge in [0, 0.05) is 45.0 Å². The van der Waals surface area contributed by atoms with E-state index < -0.39 is 0 Å². The topological polar surface area (TPSA) is 46.4 Å². The molecule has 0 spiro atoms. The molecule has 1 aliphatic rings. The van der Waals surface area contributed by atoms with E-state index in [9.17, 15) is 0 Å². The second-order valence-corrected chi connectivity index (χ2v) is 6.29. The minimum Gasteiger partial charge on any atom is -0.380 e. The van der Waals surface area contributed by atoms with Crippen molar-refractivity contribution in [2.75, 3.05) is 39.9 Å². The highest BCUT2D eigenvalue weighted by Gasteiger charge is 2.22. The molecule has 1 unspecified atom stereocenters. The standard InChI is InChI=1S/C17H27N5O/c1-4-23-11-10-22-16(19-15-6-5-7-18-17(15)22)13-21-9-8-20(3)14(2)12-21/h5-7,14H,4,8-13H2,1-3H3. The van der Waals surface area contributed by atoms with Gasteiger partial charge in [-0.15, -0.1) is 0 Å². The summed E-state index contributed by atoms with van der Waals surface area (Å²) in [6, 6.07) is 4.57. The van der Waals surface area contributed by atoms with E-state index in [0.717, 1.165) is 56.3 Å². The van der Waals surface area contributed by atoms with Gasteiger partial charge in [0.2, 0.25) is 0 Å². The molecule has 1 atom stereocenters. The molecule has 0 N–H and O–H groups in total. The van der Waals surface area contributed by atoms with Crippen LogP contribution in [0.4, 0.5) is 0 Å². The molecule has 2 aromatic rings. The minimum atomic E-state index is 0.586. The smallest absolute Gasteiger partial charge is 0.160 e. The van der Waals surface area contributed by atoms with E-state index in [-0.39, 0.29) is 0 Å². The summed E-state index contributed by atoms with van der Waals surface area (Å²) in [5.74, 6) is 1.09. The van der Waals surface area contributed by atoms with Crippen LogP contribution in [-0.2, 0) is 17.8 Å². The van der Waals surface area contributed by atoms with Gasteiger partial charge in [0.05, 0.1) is 13.2 Å². The lowest BCUT2D eigenvalue weighted by Gasteiger charge is -2.37. The van der Waals surface area contributed by atoms with E-state index in [0.29, 0.717) is 12.6 Å². The van der Waals surface area contributed by atoms with E-state index in [1.54, 1.807) is 0 Å². The van der Waals surface area contributed by atoms with Gasteiger partial charge in [-0.1, -0.05) is 0 Å². The van der Waals surface area contributed by atoms with Gasteiger partial charge in [0.1, 0.15) is 11.3 Å². The van der Waals surface area contributed by atoms with Crippen molar-refractivity contribution in [3.8, 4) is 0 Å². The van der Waals surface area contributed by atoms with Crippen molar-refractivity contribution in [3.63, 3.8) is 0 Å². The normalized spacial score (nSPS) is 20.4. The quantitative estimate of drug-likeness (QED) is 0.758. The molecule has 3 heterocycles. The highest BCUT2D eigenvalue weighted by molar-refractivity contribution is 5.71. The number of nitrogens with zero attached hydrogens (tertiary/aromatic N) is 5. The van der Waals surface area contributed by atoms with E-state index in [2.05, 4.69) is 33.3 Å². The number of rotatable bonds is 6. The summed E-state index contributed by atoms with van der Waals surface area (Å²) in [6.07, 6.45) is 1.84. The van der Waals surface area contributed by atoms with Gasteiger partial charge >= 0.3 is 0 Å². The lowest BCUT2D eigenvalue weighted by Crippen LogP contribution is -2.49. The zero-order valence-corrected chi connectivity index (χ0v) is 14.4. The van der Waals surface area contributed by atoms with Gasteiger partial charge in [-0.2, -0.15) is 0 Å². The number of likely N-dealkylation sites (N-methyl/N-ethyl adjacent to an activating group) is 1. The summed E-state index contributed by atoms with van der Waals surface area (Å²) in [5.41, 5.74) is 1.94. The molecule has 1 aliphatic heterocycles. The molecule has 0 aliphatic carbocycles. The fraction of sp³-hybridized carbons (Fsp3) is 0.647. The van der Waals surface area contributed by atoms with Crippen LogP contribution < -0.4 is 0 Å². The number of fused-ring (bicyclic) bond motifs is 1. The van der Waals surface area contributed by atoms with Crippen molar-refractivity contribution in [1.29, 1.82) is 0 Å². The molecular weight excluding hydrogens is 290 g/mol. The first kappa shape index (κ1) is 16.4. The minimum absolute atomic E-state index is 0.586. The Morgan fingerprint density at radius 3 is 3.00 bits per heavy atom. The predicted octanol–water partition coefficient (Wildman–Crippen LogP) is 1.60. The Morgan fingerprint density at radius 2 is 2.22 bits per heavy atom. The van der Waals surface area contributed by atoms with E-state index >= 15 is 0 Å². The molecule has 126 valence electrons. The van der Waals surface area contributed by atoms with Crippen molar-refractivity contribution in [2.45, 2.75) is 33.0 Å². The van der Waals surface area contributed by atoms with Crippen molar-refractivity contribution >= 4 is 11.2 Å². The Hall–Kier alpha value is -1.50. The summed E-state index contributed by atoms with van der Waals surface area (Å²) < 4.78 is 7.75. The summed E-state index contributed by atoms with van der Waals surface area (Å²) in [7, 11) is 2.20. The number of pyridine rings is 1. The Labute approximate surface area is 138 Å². The molecule has 6 heteroatoms. The first-order chi connectivity index (χ1) is 11.2. The number of imidazole rings is 1. The first-order valence-corrected chi connectivity index (χ1v) is 8.49. The third-order valence-corrected chi connectivity index (χ3v) is 4.66. The highest BCUT2D eigenvalue weighted by atomic mass is 16.5. The van der Waals surface area contributed by atoms with Crippen LogP contribution in [0.25, 0.3) is 11.2 Å². The number of aromatic nitrogens is 3. The summed E-state index contributed by atoms with van der Waals surface area (Å²) in [4.78, 5) is 14.2. The van der Waals surface area contributed by atoms with Crippen molar-refractivity contribution in [1.82, 2.24) is 24.3 Å². The molecule has 6 nitrogen and oxygen atoms in total.